The third kappa shape index (κ3) is 6.02. The van der Waals surface area contributed by atoms with Crippen molar-refractivity contribution in [3.8, 4) is 56.1 Å². The molecule has 0 fully saturated rings. The second-order valence-corrected chi connectivity index (χ2v) is 17.4. The van der Waals surface area contributed by atoms with Crippen molar-refractivity contribution in [1.29, 1.82) is 0 Å². The average molecular weight is 855 g/mol. The van der Waals surface area contributed by atoms with Gasteiger partial charge in [-0.3, -0.25) is 9.55 Å². The normalized spacial score (nSPS) is 11.9. The number of nitrogens with zero attached hydrogens (tertiary/aromatic N) is 4. The molecule has 67 heavy (non-hydrogen) atoms. The lowest BCUT2D eigenvalue weighted by atomic mass is 9.96. The first-order valence-corrected chi connectivity index (χ1v) is 22.7. The van der Waals surface area contributed by atoms with Gasteiger partial charge in [-0.05, 0) is 129 Å². The summed E-state index contributed by atoms with van der Waals surface area (Å²) in [6, 6.07) is 78.7. The minimum absolute atomic E-state index is 0.847. The van der Waals surface area contributed by atoms with Crippen molar-refractivity contribution in [3.05, 3.63) is 231 Å². The van der Waals surface area contributed by atoms with Gasteiger partial charge in [-0.25, -0.2) is 4.98 Å². The number of aromatic nitrogens is 4. The number of rotatable bonds is 6. The molecule has 5 nitrogen and oxygen atoms in total. The van der Waals surface area contributed by atoms with E-state index in [1.165, 1.54) is 60.1 Å². The third-order valence-electron chi connectivity index (χ3n) is 13.6. The number of pyridine rings is 2. The first kappa shape index (κ1) is 37.3. The van der Waals surface area contributed by atoms with Crippen molar-refractivity contribution in [2.24, 2.45) is 0 Å². The van der Waals surface area contributed by atoms with Gasteiger partial charge in [0.05, 0.1) is 27.8 Å². The van der Waals surface area contributed by atoms with Crippen LogP contribution in [0.1, 0.15) is 0 Å². The van der Waals surface area contributed by atoms with Gasteiger partial charge in [0.25, 0.3) is 0 Å². The van der Waals surface area contributed by atoms with E-state index in [2.05, 4.69) is 226 Å². The predicted molar refractivity (Wildman–Crippen MR) is 277 cm³/mol. The minimum atomic E-state index is 0.847. The number of hydrogen-bond donors (Lipinski definition) is 0. The largest absolute Gasteiger partial charge is 0.456 e. The van der Waals surface area contributed by atoms with Crippen LogP contribution in [0.3, 0.4) is 0 Å². The highest BCUT2D eigenvalue weighted by atomic mass is 16.3. The van der Waals surface area contributed by atoms with Gasteiger partial charge < -0.3 is 8.98 Å². The van der Waals surface area contributed by atoms with Crippen molar-refractivity contribution in [2.45, 2.75) is 0 Å². The van der Waals surface area contributed by atoms with Gasteiger partial charge in [0.15, 0.2) is 0 Å². The third-order valence-corrected chi connectivity index (χ3v) is 13.6. The Bertz CT molecular complexity index is 4220. The number of benzene rings is 9. The Morgan fingerprint density at radius 3 is 1.57 bits per heavy atom. The quantitative estimate of drug-likeness (QED) is 0.167. The summed E-state index contributed by atoms with van der Waals surface area (Å²) in [7, 11) is 0. The maximum absolute atomic E-state index is 6.14. The van der Waals surface area contributed by atoms with Crippen LogP contribution in [0.15, 0.2) is 235 Å². The Balaban J connectivity index is 0.837. The van der Waals surface area contributed by atoms with E-state index in [4.69, 9.17) is 9.40 Å². The van der Waals surface area contributed by atoms with E-state index in [1.807, 2.05) is 12.3 Å². The molecule has 0 bridgehead atoms. The van der Waals surface area contributed by atoms with Crippen LogP contribution in [0.2, 0.25) is 0 Å². The van der Waals surface area contributed by atoms with Gasteiger partial charge in [0, 0.05) is 56.0 Å². The van der Waals surface area contributed by atoms with Crippen molar-refractivity contribution >= 4 is 76.3 Å². The van der Waals surface area contributed by atoms with Crippen LogP contribution in [-0.4, -0.2) is 19.1 Å². The van der Waals surface area contributed by atoms with Crippen LogP contribution in [0.5, 0.6) is 0 Å². The maximum atomic E-state index is 6.14. The molecule has 0 unspecified atom stereocenters. The molecule has 9 aromatic carbocycles. The molecular formula is C62H38N4O. The lowest BCUT2D eigenvalue weighted by Gasteiger charge is -2.13. The molecule has 0 spiro atoms. The first-order chi connectivity index (χ1) is 33.2. The van der Waals surface area contributed by atoms with Crippen LogP contribution in [0.4, 0.5) is 0 Å². The monoisotopic (exact) mass is 854 g/mol. The second-order valence-electron chi connectivity index (χ2n) is 17.4. The summed E-state index contributed by atoms with van der Waals surface area (Å²) in [6.45, 7) is 0. The molecule has 14 rings (SSSR count). The summed E-state index contributed by atoms with van der Waals surface area (Å²) in [5.41, 5.74) is 16.4. The predicted octanol–water partition coefficient (Wildman–Crippen LogP) is 16.4. The molecule has 5 aromatic heterocycles. The molecule has 0 atom stereocenters. The Labute approximate surface area is 385 Å². The van der Waals surface area contributed by atoms with E-state index in [1.54, 1.807) is 6.20 Å². The number of fused-ring (bicyclic) bond motifs is 10. The fraction of sp³-hybridized carbons (Fsp3) is 0. The van der Waals surface area contributed by atoms with E-state index in [9.17, 15) is 0 Å². The molecule has 0 amide bonds. The van der Waals surface area contributed by atoms with E-state index >= 15 is 0 Å². The zero-order valence-corrected chi connectivity index (χ0v) is 36.1. The first-order valence-electron chi connectivity index (χ1n) is 22.7. The highest BCUT2D eigenvalue weighted by Crippen LogP contribution is 2.40. The molecule has 0 aliphatic carbocycles. The van der Waals surface area contributed by atoms with Crippen LogP contribution in [0, 0.1) is 0 Å². The van der Waals surface area contributed by atoms with Crippen LogP contribution in [0.25, 0.3) is 132 Å². The Kier molecular flexibility index (Phi) is 8.21. The van der Waals surface area contributed by atoms with Gasteiger partial charge in [-0.1, -0.05) is 133 Å². The van der Waals surface area contributed by atoms with E-state index in [0.29, 0.717) is 0 Å². The van der Waals surface area contributed by atoms with Crippen molar-refractivity contribution in [2.75, 3.05) is 0 Å². The summed E-state index contributed by atoms with van der Waals surface area (Å²) >= 11 is 0. The van der Waals surface area contributed by atoms with Crippen LogP contribution in [-0.2, 0) is 0 Å². The molecule has 312 valence electrons. The Morgan fingerprint density at radius 2 is 0.881 bits per heavy atom. The molecule has 14 aromatic rings. The van der Waals surface area contributed by atoms with Crippen molar-refractivity contribution in [1.82, 2.24) is 19.1 Å². The second kappa shape index (κ2) is 14.7. The number of furan rings is 1. The molecule has 5 heteroatoms. The summed E-state index contributed by atoms with van der Waals surface area (Å²) in [5.74, 6) is 0.893. The van der Waals surface area contributed by atoms with Crippen molar-refractivity contribution < 1.29 is 4.42 Å². The Morgan fingerprint density at radius 1 is 0.328 bits per heavy atom. The fourth-order valence-corrected chi connectivity index (χ4v) is 10.4. The smallest absolute Gasteiger partial charge is 0.138 e. The zero-order valence-electron chi connectivity index (χ0n) is 36.1. The van der Waals surface area contributed by atoms with Gasteiger partial charge in [-0.2, -0.15) is 0 Å². The minimum Gasteiger partial charge on any atom is -0.456 e. The Hall–Kier alpha value is -9.06. The van der Waals surface area contributed by atoms with Crippen molar-refractivity contribution in [3.63, 3.8) is 0 Å². The highest BCUT2D eigenvalue weighted by Gasteiger charge is 2.18. The molecule has 0 aliphatic heterocycles. The van der Waals surface area contributed by atoms with Gasteiger partial charge in [0.1, 0.15) is 17.0 Å². The molecule has 5 heterocycles. The zero-order chi connectivity index (χ0) is 44.0. The number of para-hydroxylation sites is 2. The highest BCUT2D eigenvalue weighted by molar-refractivity contribution is 6.13. The topological polar surface area (TPSA) is 48.8 Å². The van der Waals surface area contributed by atoms with Gasteiger partial charge in [0.2, 0.25) is 0 Å². The molecule has 0 N–H and O–H groups in total. The van der Waals surface area contributed by atoms with Crippen LogP contribution >= 0.6 is 0 Å². The van der Waals surface area contributed by atoms with E-state index in [0.717, 1.165) is 72.4 Å². The maximum Gasteiger partial charge on any atom is 0.138 e. The lowest BCUT2D eigenvalue weighted by molar-refractivity contribution is 0.668. The summed E-state index contributed by atoms with van der Waals surface area (Å²) in [4.78, 5) is 9.71. The van der Waals surface area contributed by atoms with Gasteiger partial charge >= 0.3 is 0 Å². The summed E-state index contributed by atoms with van der Waals surface area (Å²) < 4.78 is 10.8. The molecule has 0 saturated carbocycles. The molecule has 0 radical (unpaired) electrons. The molecular weight excluding hydrogens is 817 g/mol. The fourth-order valence-electron chi connectivity index (χ4n) is 10.4. The summed E-state index contributed by atoms with van der Waals surface area (Å²) in [6.07, 6.45) is 3.66. The van der Waals surface area contributed by atoms with Crippen LogP contribution < -0.4 is 0 Å². The summed E-state index contributed by atoms with van der Waals surface area (Å²) in [5, 5.41) is 9.32. The average Bonchev–Trinajstić information content (AvgIpc) is 4.06. The van der Waals surface area contributed by atoms with Gasteiger partial charge in [-0.15, -0.1) is 0 Å². The standard InChI is InChI=1S/C62H38N4O/c1-3-11-39(12-4-1)47-35-55(40-13-5-2-6-14-40)64-62(36-47)66-57-18-10-8-16-50(57)52-34-46(24-27-59(52)66)44-22-20-41-31-43(21-19-42(41)32-44)45-23-26-58-51(33-45)49-15-7-9-17-56(49)65(58)48-25-28-60-53(37-48)54-38-63-30-29-61(54)67-60/h1-38H. The molecule has 0 aliphatic rings. The van der Waals surface area contributed by atoms with E-state index < -0.39 is 0 Å². The SMILES string of the molecule is c1ccc(-c2cc(-c3ccccc3)nc(-n3c4ccccc4c4cc(-c5ccc6cc(-c7ccc8c(c7)c7ccccc7n8-c7ccc8oc9ccncc9c8c7)ccc6c5)ccc43)c2)cc1. The number of hydrogen-bond acceptors (Lipinski definition) is 3. The molecule has 0 saturated heterocycles. The lowest BCUT2D eigenvalue weighted by Crippen LogP contribution is -2.00. The van der Waals surface area contributed by atoms with E-state index in [-0.39, 0.29) is 0 Å².